The summed E-state index contributed by atoms with van der Waals surface area (Å²) >= 11 is 1.51. The molecule has 0 saturated carbocycles. The molecule has 0 saturated heterocycles. The largest absolute Gasteiger partial charge is 0.366 e. The molecule has 33 heavy (non-hydrogen) atoms. The van der Waals surface area contributed by atoms with Gasteiger partial charge in [-0.15, -0.1) is 36.2 Å². The molecule has 0 aliphatic rings. The Bertz CT molecular complexity index is 1190. The first-order chi connectivity index (χ1) is 14.7. The Balaban J connectivity index is 0.00000272. The summed E-state index contributed by atoms with van der Waals surface area (Å²) in [7, 11) is -1.40. The summed E-state index contributed by atoms with van der Waals surface area (Å²) < 4.78 is 25.4. The van der Waals surface area contributed by atoms with Crippen LogP contribution >= 0.6 is 36.2 Å². The Morgan fingerprint density at radius 2 is 1.73 bits per heavy atom. The topological polar surface area (TPSA) is 62.6 Å². The zero-order chi connectivity index (χ0) is 22.6. The van der Waals surface area contributed by atoms with Gasteiger partial charge in [-0.25, -0.2) is 18.4 Å². The number of rotatable bonds is 8. The van der Waals surface area contributed by atoms with Gasteiger partial charge in [-0.3, -0.25) is 0 Å². The van der Waals surface area contributed by atoms with Crippen LogP contribution in [0.15, 0.2) is 51.7 Å². The number of thiazole rings is 1. The van der Waals surface area contributed by atoms with Gasteiger partial charge in [-0.2, -0.15) is 0 Å². The fraction of sp³-hybridized carbons (Fsp3) is 0.333. The van der Waals surface area contributed by atoms with E-state index in [1.807, 2.05) is 42.7 Å². The van der Waals surface area contributed by atoms with Crippen LogP contribution in [-0.2, 0) is 22.0 Å². The van der Waals surface area contributed by atoms with E-state index in [0.717, 1.165) is 33.9 Å². The van der Waals surface area contributed by atoms with Crippen LogP contribution in [0.1, 0.15) is 39.9 Å². The van der Waals surface area contributed by atoms with Crippen LogP contribution in [0, 0.1) is 20.8 Å². The van der Waals surface area contributed by atoms with Crippen LogP contribution < -0.4 is 0 Å². The predicted octanol–water partition coefficient (Wildman–Crippen LogP) is 6.09. The van der Waals surface area contributed by atoms with E-state index in [1.165, 1.54) is 16.9 Å². The number of nitrogens with zero attached hydrogens (tertiary/aromatic N) is 3. The Morgan fingerprint density at radius 1 is 1.06 bits per heavy atom. The van der Waals surface area contributed by atoms with Gasteiger partial charge < -0.3 is 4.90 Å². The molecular weight excluding hydrogens is 497 g/mol. The lowest BCUT2D eigenvalue weighted by molar-refractivity contribution is 0.552. The van der Waals surface area contributed by atoms with Gasteiger partial charge >= 0.3 is 0 Å². The minimum Gasteiger partial charge on any atom is -0.366 e. The Hall–Kier alpha value is -1.93. The van der Waals surface area contributed by atoms with E-state index in [-0.39, 0.29) is 30.6 Å². The maximum Gasteiger partial charge on any atom is 0.184 e. The molecule has 180 valence electrons. The molecule has 3 aromatic rings. The molecule has 2 aromatic carbocycles. The van der Waals surface area contributed by atoms with Gasteiger partial charge in [0.25, 0.3) is 0 Å². The van der Waals surface area contributed by atoms with Crippen LogP contribution in [0.2, 0.25) is 0 Å². The standard InChI is InChI=1S/C24H29N3O2S2.2ClH/c1-6-27(5)16-25-23-12-18(3)20(11-19(23)4)13-24-26-21(14-30-24)15-31(28,29)22-9-7-17(2)8-10-22;;/h7-12,14,16H,6,13,15H2,1-5H3;2*1H. The molecule has 0 bridgehead atoms. The highest BCUT2D eigenvalue weighted by molar-refractivity contribution is 7.90. The first kappa shape index (κ1) is 29.1. The summed E-state index contributed by atoms with van der Waals surface area (Å²) in [6, 6.07) is 11.2. The quantitative estimate of drug-likeness (QED) is 0.262. The van der Waals surface area contributed by atoms with Crippen molar-refractivity contribution in [3.05, 3.63) is 74.7 Å². The summed E-state index contributed by atoms with van der Waals surface area (Å²) in [5.74, 6) is -0.0802. The van der Waals surface area contributed by atoms with Gasteiger partial charge in [0.1, 0.15) is 0 Å². The molecule has 1 heterocycles. The SMILES string of the molecule is CCN(C)C=Nc1cc(C)c(Cc2nc(CS(=O)(=O)c3ccc(C)cc3)cs2)cc1C.Cl.Cl. The van der Waals surface area contributed by atoms with Crippen LogP contribution in [0.5, 0.6) is 0 Å². The minimum atomic E-state index is -3.40. The molecule has 0 amide bonds. The van der Waals surface area contributed by atoms with Crippen molar-refractivity contribution in [2.24, 2.45) is 4.99 Å². The number of aryl methyl sites for hydroxylation is 3. The van der Waals surface area contributed by atoms with E-state index in [0.29, 0.717) is 17.0 Å². The average Bonchev–Trinajstić information content (AvgIpc) is 3.15. The van der Waals surface area contributed by atoms with Gasteiger partial charge in [0.05, 0.1) is 33.4 Å². The summed E-state index contributed by atoms with van der Waals surface area (Å²) in [6.07, 6.45) is 2.53. The first-order valence-corrected chi connectivity index (χ1v) is 12.8. The monoisotopic (exact) mass is 527 g/mol. The highest BCUT2D eigenvalue weighted by Gasteiger charge is 2.17. The van der Waals surface area contributed by atoms with Crippen molar-refractivity contribution >= 4 is 58.0 Å². The second-order valence-corrected chi connectivity index (χ2v) is 10.8. The van der Waals surface area contributed by atoms with Crippen molar-refractivity contribution in [2.45, 2.75) is 44.8 Å². The minimum absolute atomic E-state index is 0. The number of benzene rings is 2. The van der Waals surface area contributed by atoms with Crippen molar-refractivity contribution in [1.29, 1.82) is 0 Å². The van der Waals surface area contributed by atoms with E-state index in [4.69, 9.17) is 0 Å². The zero-order valence-electron chi connectivity index (χ0n) is 19.5. The van der Waals surface area contributed by atoms with Crippen LogP contribution in [-0.4, -0.2) is 38.2 Å². The molecule has 0 atom stereocenters. The zero-order valence-corrected chi connectivity index (χ0v) is 22.8. The second kappa shape index (κ2) is 12.5. The number of halogens is 2. The van der Waals surface area contributed by atoms with Gasteiger partial charge in [0, 0.05) is 25.4 Å². The summed E-state index contributed by atoms with van der Waals surface area (Å²) in [6.45, 7) is 9.07. The number of hydrogen-bond acceptors (Lipinski definition) is 5. The molecule has 0 aliphatic heterocycles. The van der Waals surface area contributed by atoms with Crippen LogP contribution in [0.25, 0.3) is 0 Å². The third-order valence-electron chi connectivity index (χ3n) is 5.21. The van der Waals surface area contributed by atoms with Crippen LogP contribution in [0.4, 0.5) is 5.69 Å². The lowest BCUT2D eigenvalue weighted by atomic mass is 10.0. The molecule has 1 aromatic heterocycles. The van der Waals surface area contributed by atoms with E-state index in [2.05, 4.69) is 42.9 Å². The molecule has 0 spiro atoms. The third-order valence-corrected chi connectivity index (χ3v) is 7.77. The molecule has 9 heteroatoms. The van der Waals surface area contributed by atoms with E-state index < -0.39 is 9.84 Å². The summed E-state index contributed by atoms with van der Waals surface area (Å²) in [5, 5.41) is 2.77. The van der Waals surface area contributed by atoms with Crippen molar-refractivity contribution in [3.63, 3.8) is 0 Å². The molecule has 0 unspecified atom stereocenters. The fourth-order valence-corrected chi connectivity index (χ4v) is 5.29. The molecule has 0 radical (unpaired) electrons. The normalized spacial score (nSPS) is 11.2. The number of sulfone groups is 1. The van der Waals surface area contributed by atoms with Crippen molar-refractivity contribution in [1.82, 2.24) is 9.88 Å². The van der Waals surface area contributed by atoms with Gasteiger partial charge in [-0.05, 0) is 62.6 Å². The maximum absolute atomic E-state index is 12.7. The highest BCUT2D eigenvalue weighted by atomic mass is 35.5. The Labute approximate surface area is 213 Å². The summed E-state index contributed by atoms with van der Waals surface area (Å²) in [4.78, 5) is 11.6. The lowest BCUT2D eigenvalue weighted by Gasteiger charge is -2.11. The Morgan fingerprint density at radius 3 is 2.36 bits per heavy atom. The molecule has 0 N–H and O–H groups in total. The van der Waals surface area contributed by atoms with Gasteiger partial charge in [0.2, 0.25) is 0 Å². The molecule has 0 fully saturated rings. The average molecular weight is 529 g/mol. The molecular formula is C24H31Cl2N3O2S2. The molecule has 0 aliphatic carbocycles. The third kappa shape index (κ3) is 7.81. The summed E-state index contributed by atoms with van der Waals surface area (Å²) in [5.41, 5.74) is 6.04. The number of aromatic nitrogens is 1. The Kier molecular flexibility index (Phi) is 11.0. The number of hydrogen-bond donors (Lipinski definition) is 0. The van der Waals surface area contributed by atoms with Gasteiger partial charge in [0.15, 0.2) is 9.84 Å². The van der Waals surface area contributed by atoms with E-state index in [1.54, 1.807) is 12.1 Å². The number of aliphatic imine (C=N–C) groups is 1. The van der Waals surface area contributed by atoms with Crippen molar-refractivity contribution in [2.75, 3.05) is 13.6 Å². The van der Waals surface area contributed by atoms with Gasteiger partial charge in [-0.1, -0.05) is 23.8 Å². The lowest BCUT2D eigenvalue weighted by Crippen LogP contribution is -2.14. The van der Waals surface area contributed by atoms with Crippen LogP contribution in [0.3, 0.4) is 0 Å². The molecule has 5 nitrogen and oxygen atoms in total. The maximum atomic E-state index is 12.7. The smallest absolute Gasteiger partial charge is 0.184 e. The first-order valence-electron chi connectivity index (χ1n) is 10.2. The second-order valence-electron chi connectivity index (χ2n) is 7.86. The van der Waals surface area contributed by atoms with E-state index >= 15 is 0 Å². The fourth-order valence-electron chi connectivity index (χ4n) is 3.12. The predicted molar refractivity (Wildman–Crippen MR) is 144 cm³/mol. The van der Waals surface area contributed by atoms with E-state index in [9.17, 15) is 8.42 Å². The van der Waals surface area contributed by atoms with Crippen molar-refractivity contribution in [3.8, 4) is 0 Å². The molecule has 3 rings (SSSR count). The van der Waals surface area contributed by atoms with Crippen molar-refractivity contribution < 1.29 is 8.42 Å². The highest BCUT2D eigenvalue weighted by Crippen LogP contribution is 2.26.